The molecule has 1 aromatic carbocycles. The molecule has 0 aliphatic heterocycles. The van der Waals surface area contributed by atoms with Gasteiger partial charge in [-0.25, -0.2) is 0 Å². The van der Waals surface area contributed by atoms with Gasteiger partial charge in [0.2, 0.25) is 0 Å². The van der Waals surface area contributed by atoms with E-state index in [1.807, 2.05) is 6.07 Å². The minimum absolute atomic E-state index is 0.126. The van der Waals surface area contributed by atoms with Gasteiger partial charge in [0.1, 0.15) is 0 Å². The number of hydrogen-bond donors (Lipinski definition) is 0. The third kappa shape index (κ3) is 3.16. The van der Waals surface area contributed by atoms with Gasteiger partial charge in [0.25, 0.3) is 0 Å². The zero-order valence-corrected chi connectivity index (χ0v) is 9.61. The van der Waals surface area contributed by atoms with Gasteiger partial charge < -0.3 is 4.74 Å². The Bertz CT molecular complexity index is 299. The van der Waals surface area contributed by atoms with Crippen molar-refractivity contribution in [3.05, 3.63) is 40.7 Å². The maximum absolute atomic E-state index is 6.03. The molecule has 0 bridgehead atoms. The van der Waals surface area contributed by atoms with Crippen molar-refractivity contribution < 1.29 is 4.74 Å². The first kappa shape index (κ1) is 11.8. The van der Waals surface area contributed by atoms with E-state index in [0.29, 0.717) is 16.7 Å². The molecule has 14 heavy (non-hydrogen) atoms. The van der Waals surface area contributed by atoms with Crippen molar-refractivity contribution in [2.45, 2.75) is 12.3 Å². The molecule has 1 aromatic rings. The number of benzene rings is 1. The first-order valence-corrected chi connectivity index (χ1v) is 5.17. The molecule has 1 atom stereocenters. The Morgan fingerprint density at radius 1 is 1.43 bits per heavy atom. The summed E-state index contributed by atoms with van der Waals surface area (Å²) in [5, 5.41) is 1.40. The van der Waals surface area contributed by atoms with Crippen molar-refractivity contribution >= 4 is 23.2 Å². The van der Waals surface area contributed by atoms with Gasteiger partial charge >= 0.3 is 0 Å². The van der Waals surface area contributed by atoms with Crippen LogP contribution in [0, 0.1) is 6.92 Å². The third-order valence-electron chi connectivity index (χ3n) is 2.07. The van der Waals surface area contributed by atoms with Crippen molar-refractivity contribution in [1.29, 1.82) is 0 Å². The van der Waals surface area contributed by atoms with Crippen LogP contribution in [0.25, 0.3) is 0 Å². The average Bonchev–Trinajstić information content (AvgIpc) is 2.18. The summed E-state index contributed by atoms with van der Waals surface area (Å²) in [5.41, 5.74) is 0.983. The van der Waals surface area contributed by atoms with Crippen molar-refractivity contribution in [1.82, 2.24) is 0 Å². The lowest BCUT2D eigenvalue weighted by atomic mass is 9.98. The van der Waals surface area contributed by atoms with Gasteiger partial charge in [-0.05, 0) is 43.0 Å². The molecule has 0 saturated carbocycles. The van der Waals surface area contributed by atoms with E-state index in [2.05, 4.69) is 6.92 Å². The lowest BCUT2D eigenvalue weighted by molar-refractivity contribution is 0.191. The first-order valence-electron chi connectivity index (χ1n) is 4.42. The third-order valence-corrected chi connectivity index (χ3v) is 2.65. The van der Waals surface area contributed by atoms with E-state index in [0.717, 1.165) is 12.0 Å². The van der Waals surface area contributed by atoms with Crippen LogP contribution in [0.15, 0.2) is 18.2 Å². The molecule has 0 aliphatic rings. The predicted molar refractivity (Wildman–Crippen MR) is 61.1 cm³/mol. The fraction of sp³-hybridized carbons (Fsp3) is 0.364. The fourth-order valence-corrected chi connectivity index (χ4v) is 1.70. The molecule has 0 N–H and O–H groups in total. The Morgan fingerprint density at radius 3 is 2.79 bits per heavy atom. The number of methoxy groups -OCH3 is 1. The van der Waals surface area contributed by atoms with E-state index >= 15 is 0 Å². The highest BCUT2D eigenvalue weighted by molar-refractivity contribution is 6.33. The molecule has 0 aliphatic carbocycles. The quantitative estimate of drug-likeness (QED) is 0.763. The molecule has 1 rings (SSSR count). The van der Waals surface area contributed by atoms with Crippen molar-refractivity contribution in [2.75, 3.05) is 13.7 Å². The first-order chi connectivity index (χ1) is 6.65. The summed E-state index contributed by atoms with van der Waals surface area (Å²) in [6, 6.07) is 5.43. The monoisotopic (exact) mass is 231 g/mol. The minimum Gasteiger partial charge on any atom is -0.385 e. The van der Waals surface area contributed by atoms with E-state index in [9.17, 15) is 0 Å². The zero-order chi connectivity index (χ0) is 10.6. The molecule has 1 nitrogen and oxygen atoms in total. The van der Waals surface area contributed by atoms with E-state index in [1.54, 1.807) is 19.2 Å². The summed E-state index contributed by atoms with van der Waals surface area (Å²) in [6.45, 7) is 4.70. The normalized spacial score (nSPS) is 12.9. The van der Waals surface area contributed by atoms with Gasteiger partial charge in [0.15, 0.2) is 0 Å². The summed E-state index contributed by atoms with van der Waals surface area (Å²) < 4.78 is 4.99. The second-order valence-electron chi connectivity index (χ2n) is 3.14. The minimum atomic E-state index is 0.126. The number of hydrogen-bond acceptors (Lipinski definition) is 1. The average molecular weight is 232 g/mol. The molecule has 0 amide bonds. The van der Waals surface area contributed by atoms with Crippen LogP contribution in [-0.2, 0) is 4.74 Å². The summed E-state index contributed by atoms with van der Waals surface area (Å²) in [5.74, 6) is 0.126. The fourth-order valence-electron chi connectivity index (χ4n) is 1.24. The van der Waals surface area contributed by atoms with Crippen molar-refractivity contribution in [3.63, 3.8) is 0 Å². The van der Waals surface area contributed by atoms with Crippen LogP contribution in [0.4, 0.5) is 0 Å². The van der Waals surface area contributed by atoms with Crippen molar-refractivity contribution in [2.24, 2.45) is 0 Å². The highest BCUT2D eigenvalue weighted by atomic mass is 35.5. The molecule has 1 unspecified atom stereocenters. The lowest BCUT2D eigenvalue weighted by Crippen LogP contribution is -1.99. The molecule has 3 heteroatoms. The van der Waals surface area contributed by atoms with E-state index < -0.39 is 0 Å². The van der Waals surface area contributed by atoms with Crippen LogP contribution in [-0.4, -0.2) is 13.7 Å². The molecule has 77 valence electrons. The summed E-state index contributed by atoms with van der Waals surface area (Å²) in [6.07, 6.45) is 0.844. The molecule has 0 fully saturated rings. The van der Waals surface area contributed by atoms with Crippen LogP contribution in [0.5, 0.6) is 0 Å². The largest absolute Gasteiger partial charge is 0.385 e. The van der Waals surface area contributed by atoms with E-state index in [4.69, 9.17) is 27.9 Å². The molecule has 0 spiro atoms. The van der Waals surface area contributed by atoms with Gasteiger partial charge in [-0.1, -0.05) is 23.2 Å². The van der Waals surface area contributed by atoms with Crippen LogP contribution >= 0.6 is 23.2 Å². The number of halogens is 2. The highest BCUT2D eigenvalue weighted by Crippen LogP contribution is 2.29. The number of ether oxygens (including phenoxy) is 1. The second kappa shape index (κ2) is 5.59. The van der Waals surface area contributed by atoms with Crippen molar-refractivity contribution in [3.8, 4) is 0 Å². The summed E-state index contributed by atoms with van der Waals surface area (Å²) >= 11 is 11.9. The Hall–Kier alpha value is -0.240. The SMILES string of the molecule is [CH2]C(CCOC)c1cc(Cl)ccc1Cl. The molecular formula is C11H13Cl2O. The summed E-state index contributed by atoms with van der Waals surface area (Å²) in [7, 11) is 1.67. The van der Waals surface area contributed by atoms with E-state index in [1.165, 1.54) is 0 Å². The Labute approximate surface area is 95.0 Å². The maximum atomic E-state index is 6.03. The predicted octanol–water partition coefficient (Wildman–Crippen LogP) is 3.95. The van der Waals surface area contributed by atoms with Crippen LogP contribution < -0.4 is 0 Å². The van der Waals surface area contributed by atoms with Gasteiger partial charge in [0, 0.05) is 23.8 Å². The topological polar surface area (TPSA) is 9.23 Å². The molecular weight excluding hydrogens is 219 g/mol. The van der Waals surface area contributed by atoms with E-state index in [-0.39, 0.29) is 5.92 Å². The summed E-state index contributed by atoms with van der Waals surface area (Å²) in [4.78, 5) is 0. The molecule has 0 saturated heterocycles. The Kier molecular flexibility index (Phi) is 4.73. The van der Waals surface area contributed by atoms with Crippen LogP contribution in [0.1, 0.15) is 17.9 Å². The van der Waals surface area contributed by atoms with Gasteiger partial charge in [-0.2, -0.15) is 0 Å². The van der Waals surface area contributed by atoms with Gasteiger partial charge in [-0.3, -0.25) is 0 Å². The zero-order valence-electron chi connectivity index (χ0n) is 8.09. The standard InChI is InChI=1S/C11H13Cl2O/c1-8(5-6-14-2)10-7-9(12)3-4-11(10)13/h3-4,7-8H,1,5-6H2,2H3. The van der Waals surface area contributed by atoms with Crippen LogP contribution in [0.3, 0.4) is 0 Å². The van der Waals surface area contributed by atoms with Gasteiger partial charge in [0.05, 0.1) is 0 Å². The number of rotatable bonds is 4. The maximum Gasteiger partial charge on any atom is 0.0468 e. The molecule has 0 aromatic heterocycles. The lowest BCUT2D eigenvalue weighted by Gasteiger charge is -2.13. The Morgan fingerprint density at radius 2 is 2.14 bits per heavy atom. The Balaban J connectivity index is 2.77. The van der Waals surface area contributed by atoms with Crippen LogP contribution in [0.2, 0.25) is 10.0 Å². The molecule has 1 radical (unpaired) electrons. The highest BCUT2D eigenvalue weighted by Gasteiger charge is 2.09. The smallest absolute Gasteiger partial charge is 0.0468 e. The van der Waals surface area contributed by atoms with Gasteiger partial charge in [-0.15, -0.1) is 0 Å². The second-order valence-corrected chi connectivity index (χ2v) is 3.99. The molecule has 0 heterocycles.